The number of carbonyl (C=O) groups excluding carboxylic acids is 1. The number of hydrogen-bond acceptors (Lipinski definition) is 4. The van der Waals surface area contributed by atoms with Crippen LogP contribution in [0.25, 0.3) is 22.1 Å². The summed E-state index contributed by atoms with van der Waals surface area (Å²) in [4.78, 5) is 27.2. The van der Waals surface area contributed by atoms with Crippen LogP contribution in [0.3, 0.4) is 0 Å². The molecule has 2 N–H and O–H groups in total. The Morgan fingerprint density at radius 2 is 2.00 bits per heavy atom. The van der Waals surface area contributed by atoms with Crippen molar-refractivity contribution in [2.24, 2.45) is 0 Å². The second-order valence-corrected chi connectivity index (χ2v) is 7.97. The number of hydrogen-bond donors (Lipinski definition) is 2. The zero-order valence-electron chi connectivity index (χ0n) is 17.1. The Morgan fingerprint density at radius 3 is 2.77 bits per heavy atom. The lowest BCUT2D eigenvalue weighted by Gasteiger charge is -2.33. The van der Waals surface area contributed by atoms with Crippen molar-refractivity contribution in [3.63, 3.8) is 0 Å². The number of benzene rings is 1. The quantitative estimate of drug-likeness (QED) is 0.538. The first-order valence-electron chi connectivity index (χ1n) is 10.5. The number of aromatic nitrogens is 4. The first-order valence-corrected chi connectivity index (χ1v) is 10.5. The molecular formula is C23H26N6O. The number of imidazole rings is 1. The van der Waals surface area contributed by atoms with Crippen molar-refractivity contribution in [1.29, 1.82) is 0 Å². The van der Waals surface area contributed by atoms with E-state index in [2.05, 4.69) is 61.1 Å². The van der Waals surface area contributed by atoms with Gasteiger partial charge in [0.05, 0.1) is 18.1 Å². The highest BCUT2D eigenvalue weighted by atomic mass is 16.1. The van der Waals surface area contributed by atoms with Crippen LogP contribution >= 0.6 is 0 Å². The van der Waals surface area contributed by atoms with Crippen LogP contribution in [0, 0.1) is 0 Å². The summed E-state index contributed by atoms with van der Waals surface area (Å²) in [6.45, 7) is 3.04. The van der Waals surface area contributed by atoms with E-state index in [1.165, 1.54) is 5.56 Å². The molecule has 1 amide bonds. The summed E-state index contributed by atoms with van der Waals surface area (Å²) in [5.41, 5.74) is 4.15. The van der Waals surface area contributed by atoms with Gasteiger partial charge in [0.1, 0.15) is 17.0 Å². The van der Waals surface area contributed by atoms with Crippen molar-refractivity contribution in [3.05, 3.63) is 60.2 Å². The van der Waals surface area contributed by atoms with Gasteiger partial charge in [0.25, 0.3) is 0 Å². The minimum absolute atomic E-state index is 0.0219. The van der Waals surface area contributed by atoms with Crippen LogP contribution < -0.4 is 5.32 Å². The van der Waals surface area contributed by atoms with Gasteiger partial charge in [0.2, 0.25) is 5.91 Å². The van der Waals surface area contributed by atoms with Crippen molar-refractivity contribution in [3.8, 4) is 0 Å². The third-order valence-corrected chi connectivity index (χ3v) is 6.08. The van der Waals surface area contributed by atoms with Gasteiger partial charge in [-0.1, -0.05) is 30.3 Å². The smallest absolute Gasteiger partial charge is 0.227 e. The van der Waals surface area contributed by atoms with Gasteiger partial charge in [-0.25, -0.2) is 9.97 Å². The topological polar surface area (TPSA) is 78.8 Å². The monoisotopic (exact) mass is 402 g/mol. The molecule has 0 aliphatic carbocycles. The summed E-state index contributed by atoms with van der Waals surface area (Å²) < 4.78 is 2.31. The van der Waals surface area contributed by atoms with E-state index in [4.69, 9.17) is 4.98 Å². The van der Waals surface area contributed by atoms with Crippen LogP contribution in [0.2, 0.25) is 0 Å². The Morgan fingerprint density at radius 1 is 1.20 bits per heavy atom. The van der Waals surface area contributed by atoms with Crippen molar-refractivity contribution in [2.45, 2.75) is 31.8 Å². The van der Waals surface area contributed by atoms with Gasteiger partial charge in [-0.2, -0.15) is 0 Å². The molecule has 0 saturated carbocycles. The van der Waals surface area contributed by atoms with Crippen LogP contribution in [0.4, 0.5) is 0 Å². The number of nitrogens with one attached hydrogen (secondary N) is 2. The molecule has 7 nitrogen and oxygen atoms in total. The molecule has 4 heterocycles. The molecule has 1 aromatic carbocycles. The number of H-pyrrole nitrogens is 1. The summed E-state index contributed by atoms with van der Waals surface area (Å²) in [7, 11) is 1.67. The van der Waals surface area contributed by atoms with Crippen molar-refractivity contribution in [2.75, 3.05) is 20.1 Å². The number of rotatable bonds is 5. The molecule has 30 heavy (non-hydrogen) atoms. The maximum Gasteiger partial charge on any atom is 0.227 e. The average Bonchev–Trinajstić information content (AvgIpc) is 3.39. The Hall–Kier alpha value is -3.19. The molecule has 0 atom stereocenters. The third kappa shape index (κ3) is 3.45. The number of nitrogens with zero attached hydrogens (tertiary/aromatic N) is 4. The van der Waals surface area contributed by atoms with Crippen molar-refractivity contribution >= 4 is 28.0 Å². The maximum atomic E-state index is 12.2. The summed E-state index contributed by atoms with van der Waals surface area (Å²) in [6.07, 6.45) is 6.07. The summed E-state index contributed by atoms with van der Waals surface area (Å²) in [5, 5.41) is 3.80. The van der Waals surface area contributed by atoms with Crippen LogP contribution in [0.5, 0.6) is 0 Å². The summed E-state index contributed by atoms with van der Waals surface area (Å²) >= 11 is 0. The van der Waals surface area contributed by atoms with Gasteiger partial charge in [-0.15, -0.1) is 0 Å². The number of aromatic amines is 1. The van der Waals surface area contributed by atoms with E-state index in [0.29, 0.717) is 6.04 Å². The lowest BCUT2D eigenvalue weighted by atomic mass is 10.0. The lowest BCUT2D eigenvalue weighted by Crippen LogP contribution is -2.35. The highest BCUT2D eigenvalue weighted by molar-refractivity contribution is 6.01. The lowest BCUT2D eigenvalue weighted by molar-refractivity contribution is -0.120. The first kappa shape index (κ1) is 18.8. The van der Waals surface area contributed by atoms with E-state index in [-0.39, 0.29) is 12.3 Å². The fourth-order valence-corrected chi connectivity index (χ4v) is 4.57. The molecular weight excluding hydrogens is 376 g/mol. The van der Waals surface area contributed by atoms with Gasteiger partial charge < -0.3 is 14.9 Å². The molecule has 4 aromatic rings. The number of likely N-dealkylation sites (N-methyl/N-ethyl adjacent to an activating group) is 1. The van der Waals surface area contributed by atoms with Gasteiger partial charge >= 0.3 is 0 Å². The molecule has 7 heteroatoms. The fourth-order valence-electron chi connectivity index (χ4n) is 4.57. The van der Waals surface area contributed by atoms with E-state index < -0.39 is 0 Å². The number of amides is 1. The molecule has 3 aromatic heterocycles. The average molecular weight is 403 g/mol. The molecule has 5 rings (SSSR count). The number of fused-ring (bicyclic) bond motifs is 3. The normalized spacial score (nSPS) is 15.8. The molecule has 1 saturated heterocycles. The Kier molecular flexibility index (Phi) is 4.96. The zero-order chi connectivity index (χ0) is 20.5. The Bertz CT molecular complexity index is 1170. The first-order chi connectivity index (χ1) is 14.7. The number of likely N-dealkylation sites (tertiary alicyclic amines) is 1. The molecule has 0 radical (unpaired) electrons. The van der Waals surface area contributed by atoms with Crippen LogP contribution in [-0.2, 0) is 17.8 Å². The molecule has 0 unspecified atom stereocenters. The largest absolute Gasteiger partial charge is 0.359 e. The van der Waals surface area contributed by atoms with Gasteiger partial charge in [-0.3, -0.25) is 9.69 Å². The van der Waals surface area contributed by atoms with E-state index in [0.717, 1.165) is 60.4 Å². The SMILES string of the molecule is CNC(=O)Cc1nc2cnc3[nH]ccc3c2n1C1CCN(Cc2ccccc2)CC1. The summed E-state index contributed by atoms with van der Waals surface area (Å²) in [5.74, 6) is 0.799. The maximum absolute atomic E-state index is 12.2. The van der Waals surface area contributed by atoms with Gasteiger partial charge in [-0.05, 0) is 24.5 Å². The third-order valence-electron chi connectivity index (χ3n) is 6.08. The molecule has 1 fully saturated rings. The Labute approximate surface area is 175 Å². The van der Waals surface area contributed by atoms with Crippen LogP contribution in [0.15, 0.2) is 48.8 Å². The second-order valence-electron chi connectivity index (χ2n) is 7.97. The highest BCUT2D eigenvalue weighted by Gasteiger charge is 2.26. The molecule has 1 aliphatic heterocycles. The van der Waals surface area contributed by atoms with Gasteiger partial charge in [0.15, 0.2) is 0 Å². The fraction of sp³-hybridized carbons (Fsp3) is 0.348. The van der Waals surface area contributed by atoms with E-state index in [9.17, 15) is 4.79 Å². The molecule has 0 bridgehead atoms. The number of carbonyl (C=O) groups is 1. The second kappa shape index (κ2) is 7.91. The van der Waals surface area contributed by atoms with E-state index >= 15 is 0 Å². The highest BCUT2D eigenvalue weighted by Crippen LogP contribution is 2.32. The predicted molar refractivity (Wildman–Crippen MR) is 117 cm³/mol. The number of pyridine rings is 1. The Balaban J connectivity index is 1.46. The standard InChI is InChI=1S/C23H26N6O/c1-24-21(30)13-20-27-19-14-26-23-18(7-10-25-23)22(19)29(20)17-8-11-28(12-9-17)15-16-5-3-2-4-6-16/h2-7,10,14,17H,8-9,11-13,15H2,1H3,(H,24,30)(H,25,26). The predicted octanol–water partition coefficient (Wildman–Crippen LogP) is 3.04. The zero-order valence-corrected chi connectivity index (χ0v) is 17.1. The van der Waals surface area contributed by atoms with E-state index in [1.807, 2.05) is 12.4 Å². The van der Waals surface area contributed by atoms with E-state index in [1.54, 1.807) is 7.05 Å². The van der Waals surface area contributed by atoms with Crippen LogP contribution in [-0.4, -0.2) is 50.5 Å². The minimum atomic E-state index is -0.0219. The van der Waals surface area contributed by atoms with Gasteiger partial charge in [0, 0.05) is 44.3 Å². The molecule has 154 valence electrons. The van der Waals surface area contributed by atoms with Crippen LogP contribution in [0.1, 0.15) is 30.3 Å². The molecule has 0 spiro atoms. The van der Waals surface area contributed by atoms with Crippen molar-refractivity contribution in [1.82, 2.24) is 29.7 Å². The van der Waals surface area contributed by atoms with Crippen molar-refractivity contribution < 1.29 is 4.79 Å². The number of piperidine rings is 1. The minimum Gasteiger partial charge on any atom is -0.359 e. The molecule has 1 aliphatic rings. The summed E-state index contributed by atoms with van der Waals surface area (Å²) in [6, 6.07) is 13.0.